The summed E-state index contributed by atoms with van der Waals surface area (Å²) in [6.07, 6.45) is 0. The minimum absolute atomic E-state index is 0.260. The van der Waals surface area contributed by atoms with Crippen LogP contribution in [0.4, 0.5) is 10.1 Å². The molecule has 1 aliphatic rings. The highest BCUT2D eigenvalue weighted by Gasteiger charge is 2.52. The van der Waals surface area contributed by atoms with E-state index in [2.05, 4.69) is 15.5 Å². The Morgan fingerprint density at radius 1 is 1.24 bits per heavy atom. The molecule has 2 aromatic carbocycles. The van der Waals surface area contributed by atoms with E-state index in [9.17, 15) is 9.18 Å². The van der Waals surface area contributed by atoms with Gasteiger partial charge in [-0.25, -0.2) is 4.39 Å². The van der Waals surface area contributed by atoms with E-state index in [1.807, 2.05) is 37.3 Å². The molecule has 1 aliphatic heterocycles. The normalized spacial score (nSPS) is 25.1. The number of azo groups is 1. The van der Waals surface area contributed by atoms with Crippen LogP contribution in [0.25, 0.3) is 0 Å². The molecule has 130 valence electrons. The van der Waals surface area contributed by atoms with Crippen molar-refractivity contribution in [3.8, 4) is 0 Å². The van der Waals surface area contributed by atoms with Gasteiger partial charge in [0.2, 0.25) is 4.87 Å². The van der Waals surface area contributed by atoms with E-state index in [1.165, 1.54) is 36.0 Å². The summed E-state index contributed by atoms with van der Waals surface area (Å²) in [4.78, 5) is 11.7. The Bertz CT molecular complexity index is 772. The second kappa shape index (κ2) is 7.54. The van der Waals surface area contributed by atoms with Crippen molar-refractivity contribution in [2.75, 3.05) is 5.32 Å². The van der Waals surface area contributed by atoms with Gasteiger partial charge in [-0.2, -0.15) is 10.2 Å². The summed E-state index contributed by atoms with van der Waals surface area (Å²) in [5.41, 5.74) is 1.56. The van der Waals surface area contributed by atoms with E-state index in [0.29, 0.717) is 11.4 Å². The van der Waals surface area contributed by atoms with E-state index in [1.54, 1.807) is 0 Å². The summed E-state index contributed by atoms with van der Waals surface area (Å²) in [5.74, 6) is -0.143. The number of anilines is 1. The van der Waals surface area contributed by atoms with E-state index >= 15 is 0 Å². The second-order valence-electron chi connectivity index (χ2n) is 5.79. The highest BCUT2D eigenvalue weighted by molar-refractivity contribution is 8.00. The summed E-state index contributed by atoms with van der Waals surface area (Å²) >= 11 is 7.86. The SMILES string of the molecule is C[C@@H]1N=N[C@](SCc2ccccc2)(C(=O)Nc2ccc(F)cc2)[C@H]1Cl. The smallest absolute Gasteiger partial charge is 0.266 e. The Morgan fingerprint density at radius 3 is 2.52 bits per heavy atom. The van der Waals surface area contributed by atoms with Gasteiger partial charge in [0.15, 0.2) is 0 Å². The first-order valence-electron chi connectivity index (χ1n) is 7.82. The second-order valence-corrected chi connectivity index (χ2v) is 7.46. The molecular formula is C18H17ClFN3OS. The van der Waals surface area contributed by atoms with E-state index in [-0.39, 0.29) is 17.8 Å². The number of hydrogen-bond acceptors (Lipinski definition) is 4. The number of benzene rings is 2. The maximum Gasteiger partial charge on any atom is 0.266 e. The molecule has 0 fully saturated rings. The average Bonchev–Trinajstić information content (AvgIpc) is 2.92. The molecule has 0 saturated carbocycles. The molecule has 2 aromatic rings. The van der Waals surface area contributed by atoms with Crippen molar-refractivity contribution in [2.24, 2.45) is 10.2 Å². The van der Waals surface area contributed by atoms with Crippen LogP contribution in [-0.2, 0) is 10.5 Å². The van der Waals surface area contributed by atoms with Crippen LogP contribution in [0.15, 0.2) is 64.8 Å². The molecule has 0 aliphatic carbocycles. The van der Waals surface area contributed by atoms with E-state index in [4.69, 9.17) is 11.6 Å². The number of amides is 1. The van der Waals surface area contributed by atoms with Gasteiger partial charge in [0.05, 0.1) is 6.04 Å². The zero-order valence-corrected chi connectivity index (χ0v) is 15.1. The Morgan fingerprint density at radius 2 is 1.92 bits per heavy atom. The van der Waals surface area contributed by atoms with Crippen molar-refractivity contribution in [2.45, 2.75) is 29.0 Å². The molecule has 0 unspecified atom stereocenters. The van der Waals surface area contributed by atoms with Gasteiger partial charge in [-0.15, -0.1) is 23.4 Å². The van der Waals surface area contributed by atoms with Gasteiger partial charge in [0.1, 0.15) is 11.2 Å². The van der Waals surface area contributed by atoms with E-state index < -0.39 is 10.2 Å². The van der Waals surface area contributed by atoms with Gasteiger partial charge < -0.3 is 5.32 Å². The molecule has 3 rings (SSSR count). The molecule has 0 bridgehead atoms. The fourth-order valence-electron chi connectivity index (χ4n) is 2.48. The molecule has 0 radical (unpaired) electrons. The summed E-state index contributed by atoms with van der Waals surface area (Å²) < 4.78 is 13.1. The molecule has 1 heterocycles. The lowest BCUT2D eigenvalue weighted by Gasteiger charge is -2.27. The van der Waals surface area contributed by atoms with Crippen molar-refractivity contribution in [3.05, 3.63) is 66.0 Å². The van der Waals surface area contributed by atoms with Gasteiger partial charge in [-0.05, 0) is 36.8 Å². The molecule has 0 spiro atoms. The lowest BCUT2D eigenvalue weighted by atomic mass is 10.1. The number of carbonyl (C=O) groups excluding carboxylic acids is 1. The number of halogens is 2. The first kappa shape index (κ1) is 17.9. The minimum atomic E-state index is -1.22. The third-order valence-corrected chi connectivity index (χ3v) is 6.16. The van der Waals surface area contributed by atoms with Crippen LogP contribution in [0.1, 0.15) is 12.5 Å². The molecular weight excluding hydrogens is 361 g/mol. The molecule has 0 saturated heterocycles. The van der Waals surface area contributed by atoms with Gasteiger partial charge in [0.25, 0.3) is 5.91 Å². The highest BCUT2D eigenvalue weighted by Crippen LogP contribution is 2.43. The summed E-state index contributed by atoms with van der Waals surface area (Å²) in [6, 6.07) is 15.1. The van der Waals surface area contributed by atoms with E-state index in [0.717, 1.165) is 5.56 Å². The number of nitrogens with zero attached hydrogens (tertiary/aromatic N) is 2. The number of hydrogen-bond donors (Lipinski definition) is 1. The minimum Gasteiger partial charge on any atom is -0.323 e. The van der Waals surface area contributed by atoms with Crippen LogP contribution in [-0.4, -0.2) is 22.2 Å². The Hall–Kier alpha value is -1.92. The predicted molar refractivity (Wildman–Crippen MR) is 99.5 cm³/mol. The summed E-state index contributed by atoms with van der Waals surface area (Å²) in [6.45, 7) is 1.83. The topological polar surface area (TPSA) is 53.8 Å². The first-order valence-corrected chi connectivity index (χ1v) is 9.24. The van der Waals surface area contributed by atoms with Crippen molar-refractivity contribution >= 4 is 35.0 Å². The van der Waals surface area contributed by atoms with Crippen molar-refractivity contribution < 1.29 is 9.18 Å². The number of carbonyl (C=O) groups is 1. The first-order chi connectivity index (χ1) is 12.0. The zero-order chi connectivity index (χ0) is 17.9. The Balaban J connectivity index is 1.80. The fourth-order valence-corrected chi connectivity index (χ4v) is 4.09. The summed E-state index contributed by atoms with van der Waals surface area (Å²) in [5, 5.41) is 10.5. The average molecular weight is 378 g/mol. The largest absolute Gasteiger partial charge is 0.323 e. The monoisotopic (exact) mass is 377 g/mol. The van der Waals surface area contributed by atoms with Gasteiger partial charge in [-0.1, -0.05) is 30.3 Å². The van der Waals surface area contributed by atoms with Crippen molar-refractivity contribution in [3.63, 3.8) is 0 Å². The number of nitrogens with one attached hydrogen (secondary N) is 1. The molecule has 1 amide bonds. The van der Waals surface area contributed by atoms with Gasteiger partial charge >= 0.3 is 0 Å². The fraction of sp³-hybridized carbons (Fsp3) is 0.278. The quantitative estimate of drug-likeness (QED) is 0.757. The lowest BCUT2D eigenvalue weighted by molar-refractivity contribution is -0.118. The maximum atomic E-state index is 13.1. The van der Waals surface area contributed by atoms with Crippen LogP contribution in [0, 0.1) is 5.82 Å². The number of rotatable bonds is 5. The molecule has 7 heteroatoms. The predicted octanol–water partition coefficient (Wildman–Crippen LogP) is 4.86. The van der Waals surface area contributed by atoms with Crippen molar-refractivity contribution in [1.82, 2.24) is 0 Å². The van der Waals surface area contributed by atoms with Gasteiger partial charge in [-0.3, -0.25) is 4.79 Å². The Labute approximate surface area is 154 Å². The van der Waals surface area contributed by atoms with Crippen LogP contribution in [0.2, 0.25) is 0 Å². The third kappa shape index (κ3) is 3.85. The van der Waals surface area contributed by atoms with Gasteiger partial charge in [0, 0.05) is 11.4 Å². The van der Waals surface area contributed by atoms with Crippen LogP contribution >= 0.6 is 23.4 Å². The molecule has 0 aromatic heterocycles. The standard InChI is InChI=1S/C18H17ClFN3OS/c1-12-16(19)18(23-22-12,25-11-13-5-3-2-4-6-13)17(24)21-15-9-7-14(20)8-10-15/h2-10,12,16H,11H2,1H3,(H,21,24)/t12-,16-,18+/m0/s1. The lowest BCUT2D eigenvalue weighted by Crippen LogP contribution is -2.46. The third-order valence-electron chi connectivity index (χ3n) is 3.91. The van der Waals surface area contributed by atoms with Crippen LogP contribution in [0.5, 0.6) is 0 Å². The summed E-state index contributed by atoms with van der Waals surface area (Å²) in [7, 11) is 0. The Kier molecular flexibility index (Phi) is 5.39. The zero-order valence-electron chi connectivity index (χ0n) is 13.5. The van der Waals surface area contributed by atoms with Crippen molar-refractivity contribution in [1.29, 1.82) is 0 Å². The molecule has 3 atom stereocenters. The molecule has 1 N–H and O–H groups in total. The molecule has 4 nitrogen and oxygen atoms in total. The number of thioether (sulfide) groups is 1. The maximum absolute atomic E-state index is 13.1. The molecule has 25 heavy (non-hydrogen) atoms. The highest BCUT2D eigenvalue weighted by atomic mass is 35.5. The van der Waals surface area contributed by atoms with Crippen LogP contribution < -0.4 is 5.32 Å². The van der Waals surface area contributed by atoms with Crippen LogP contribution in [0.3, 0.4) is 0 Å². The number of alkyl halides is 1.